The van der Waals surface area contributed by atoms with Crippen molar-refractivity contribution < 1.29 is 13.9 Å². The molecule has 0 saturated heterocycles. The van der Waals surface area contributed by atoms with Gasteiger partial charge in [-0.05, 0) is 54.6 Å². The van der Waals surface area contributed by atoms with Crippen LogP contribution < -0.4 is 10.1 Å². The van der Waals surface area contributed by atoms with Gasteiger partial charge in [-0.1, -0.05) is 48.5 Å². The second kappa shape index (κ2) is 9.04. The van der Waals surface area contributed by atoms with Crippen molar-refractivity contribution in [1.29, 1.82) is 0 Å². The van der Waals surface area contributed by atoms with Gasteiger partial charge in [0.15, 0.2) is 0 Å². The number of ether oxygens (including phenoxy) is 1. The molecule has 0 saturated carbocycles. The Morgan fingerprint density at radius 1 is 0.806 bits per heavy atom. The summed E-state index contributed by atoms with van der Waals surface area (Å²) in [5.74, 6) is 1.27. The lowest BCUT2D eigenvalue weighted by Gasteiger charge is -2.12. The first-order valence-electron chi connectivity index (χ1n) is 11.6. The highest BCUT2D eigenvalue weighted by atomic mass is 16.5. The number of amides is 1. The molecule has 0 atom stereocenters. The van der Waals surface area contributed by atoms with E-state index in [4.69, 9.17) is 14.1 Å². The maximum Gasteiger partial charge on any atom is 0.256 e. The molecule has 0 aliphatic carbocycles. The van der Waals surface area contributed by atoms with E-state index in [1.54, 1.807) is 7.11 Å². The average Bonchev–Trinajstić information content (AvgIpc) is 3.37. The third-order valence-electron chi connectivity index (χ3n) is 6.18. The Labute approximate surface area is 208 Å². The Bertz CT molecular complexity index is 1670. The van der Waals surface area contributed by atoms with Gasteiger partial charge in [-0.2, -0.15) is 0 Å². The molecule has 0 aliphatic heterocycles. The van der Waals surface area contributed by atoms with Crippen LogP contribution in [0.1, 0.15) is 10.4 Å². The van der Waals surface area contributed by atoms with E-state index in [2.05, 4.69) is 5.32 Å². The van der Waals surface area contributed by atoms with E-state index >= 15 is 0 Å². The molecule has 2 aromatic heterocycles. The topological polar surface area (TPSA) is 64.4 Å². The van der Waals surface area contributed by atoms with Crippen LogP contribution in [0.2, 0.25) is 0 Å². The van der Waals surface area contributed by atoms with Gasteiger partial charge in [-0.3, -0.25) is 4.79 Å². The number of rotatable bonds is 5. The van der Waals surface area contributed by atoms with Crippen molar-refractivity contribution in [3.63, 3.8) is 0 Å². The van der Waals surface area contributed by atoms with Crippen LogP contribution in [0.5, 0.6) is 5.75 Å². The second-order valence-electron chi connectivity index (χ2n) is 8.48. The molecule has 36 heavy (non-hydrogen) atoms. The molecule has 6 aromatic rings. The van der Waals surface area contributed by atoms with Crippen molar-refractivity contribution in [3.8, 4) is 28.3 Å². The maximum absolute atomic E-state index is 13.4. The van der Waals surface area contributed by atoms with Gasteiger partial charge in [0.1, 0.15) is 17.1 Å². The van der Waals surface area contributed by atoms with E-state index in [1.165, 1.54) is 0 Å². The van der Waals surface area contributed by atoms with Gasteiger partial charge >= 0.3 is 0 Å². The second-order valence-corrected chi connectivity index (χ2v) is 8.48. The minimum Gasteiger partial charge on any atom is -0.497 e. The Morgan fingerprint density at radius 3 is 2.36 bits per heavy atom. The van der Waals surface area contributed by atoms with Gasteiger partial charge in [0.25, 0.3) is 5.91 Å². The summed E-state index contributed by atoms with van der Waals surface area (Å²) >= 11 is 0. The molecule has 0 bridgehead atoms. The van der Waals surface area contributed by atoms with Crippen molar-refractivity contribution in [1.82, 2.24) is 4.98 Å². The van der Waals surface area contributed by atoms with Gasteiger partial charge in [0.05, 0.1) is 23.9 Å². The van der Waals surface area contributed by atoms with Crippen LogP contribution in [-0.2, 0) is 0 Å². The van der Waals surface area contributed by atoms with Crippen molar-refractivity contribution in [2.45, 2.75) is 0 Å². The number of carbonyl (C=O) groups is 1. The quantitative estimate of drug-likeness (QED) is 0.282. The molecule has 5 nitrogen and oxygen atoms in total. The molecule has 0 radical (unpaired) electrons. The number of anilines is 1. The first kappa shape index (κ1) is 21.6. The van der Waals surface area contributed by atoms with E-state index in [-0.39, 0.29) is 5.91 Å². The van der Waals surface area contributed by atoms with Crippen LogP contribution in [-0.4, -0.2) is 18.0 Å². The van der Waals surface area contributed by atoms with Crippen molar-refractivity contribution >= 4 is 33.5 Å². The van der Waals surface area contributed by atoms with E-state index in [0.717, 1.165) is 38.9 Å². The Hall–Kier alpha value is -4.90. The summed E-state index contributed by atoms with van der Waals surface area (Å²) in [6.07, 6.45) is 0. The average molecular weight is 471 g/mol. The Balaban J connectivity index is 1.33. The molecule has 6 rings (SSSR count). The number of furan rings is 1. The molecular formula is C31H22N2O3. The highest BCUT2D eigenvalue weighted by molar-refractivity contribution is 6.13. The summed E-state index contributed by atoms with van der Waals surface area (Å²) in [6, 6.07) is 34.8. The molecule has 174 valence electrons. The number of fused-ring (bicyclic) bond motifs is 2. The van der Waals surface area contributed by atoms with E-state index in [1.807, 2.05) is 109 Å². The Morgan fingerprint density at radius 2 is 1.58 bits per heavy atom. The zero-order chi connectivity index (χ0) is 24.5. The first-order chi connectivity index (χ1) is 17.7. The number of hydrogen-bond acceptors (Lipinski definition) is 4. The molecule has 4 aromatic carbocycles. The zero-order valence-electron chi connectivity index (χ0n) is 19.6. The predicted octanol–water partition coefficient (Wildman–Crippen LogP) is 7.58. The molecule has 0 unspecified atom stereocenters. The van der Waals surface area contributed by atoms with Gasteiger partial charge in [-0.25, -0.2) is 4.98 Å². The van der Waals surface area contributed by atoms with Crippen LogP contribution in [0.4, 0.5) is 5.69 Å². The van der Waals surface area contributed by atoms with Crippen molar-refractivity contribution in [2.24, 2.45) is 0 Å². The highest BCUT2D eigenvalue weighted by Gasteiger charge is 2.15. The zero-order valence-corrected chi connectivity index (χ0v) is 19.6. The van der Waals surface area contributed by atoms with Crippen LogP contribution in [0.3, 0.4) is 0 Å². The summed E-state index contributed by atoms with van der Waals surface area (Å²) < 4.78 is 11.3. The summed E-state index contributed by atoms with van der Waals surface area (Å²) in [6.45, 7) is 0. The summed E-state index contributed by atoms with van der Waals surface area (Å²) in [5, 5.41) is 4.85. The molecule has 2 heterocycles. The van der Waals surface area contributed by atoms with Gasteiger partial charge < -0.3 is 14.5 Å². The van der Waals surface area contributed by atoms with Gasteiger partial charge in [-0.15, -0.1) is 0 Å². The minimum atomic E-state index is -0.207. The van der Waals surface area contributed by atoms with Crippen molar-refractivity contribution in [3.05, 3.63) is 115 Å². The number of carbonyl (C=O) groups excluding carboxylic acids is 1. The lowest BCUT2D eigenvalue weighted by Crippen LogP contribution is -2.13. The smallest absolute Gasteiger partial charge is 0.256 e. The van der Waals surface area contributed by atoms with Crippen LogP contribution in [0, 0.1) is 0 Å². The monoisotopic (exact) mass is 470 g/mol. The number of methoxy groups -OCH3 is 1. The molecule has 1 N–H and O–H groups in total. The molecule has 0 spiro atoms. The summed E-state index contributed by atoms with van der Waals surface area (Å²) in [5.41, 5.74) is 5.38. The van der Waals surface area contributed by atoms with Gasteiger partial charge in [0.2, 0.25) is 0 Å². The van der Waals surface area contributed by atoms with Crippen LogP contribution in [0.25, 0.3) is 44.5 Å². The van der Waals surface area contributed by atoms with Crippen molar-refractivity contribution in [2.75, 3.05) is 12.4 Å². The Kier molecular flexibility index (Phi) is 5.43. The lowest BCUT2D eigenvalue weighted by molar-refractivity contribution is 0.102. The maximum atomic E-state index is 13.4. The van der Waals surface area contributed by atoms with E-state index < -0.39 is 0 Å². The fraction of sp³-hybridized carbons (Fsp3) is 0.0323. The minimum absolute atomic E-state index is 0.207. The lowest BCUT2D eigenvalue weighted by atomic mass is 10.0. The molecule has 0 fully saturated rings. The number of benzene rings is 4. The number of para-hydroxylation sites is 1. The van der Waals surface area contributed by atoms with Crippen LogP contribution in [0.15, 0.2) is 114 Å². The fourth-order valence-corrected chi connectivity index (χ4v) is 4.32. The van der Waals surface area contributed by atoms with E-state index in [9.17, 15) is 4.79 Å². The number of hydrogen-bond donors (Lipinski definition) is 1. The normalized spacial score (nSPS) is 11.0. The van der Waals surface area contributed by atoms with E-state index in [0.29, 0.717) is 22.5 Å². The third kappa shape index (κ3) is 4.07. The number of nitrogens with one attached hydrogen (secondary N) is 1. The fourth-order valence-electron chi connectivity index (χ4n) is 4.32. The highest BCUT2D eigenvalue weighted by Crippen LogP contribution is 2.30. The molecule has 5 heteroatoms. The number of pyridine rings is 1. The molecule has 0 aliphatic rings. The van der Waals surface area contributed by atoms with Gasteiger partial charge in [0, 0.05) is 33.7 Å². The number of aromatic nitrogens is 1. The summed E-state index contributed by atoms with van der Waals surface area (Å²) in [4.78, 5) is 18.2. The molecular weight excluding hydrogens is 448 g/mol. The third-order valence-corrected chi connectivity index (χ3v) is 6.18. The summed E-state index contributed by atoms with van der Waals surface area (Å²) in [7, 11) is 1.62. The first-order valence-corrected chi connectivity index (χ1v) is 11.6. The number of nitrogens with zero attached hydrogens (tertiary/aromatic N) is 1. The van der Waals surface area contributed by atoms with Crippen LogP contribution >= 0.6 is 0 Å². The largest absolute Gasteiger partial charge is 0.497 e. The molecule has 1 amide bonds. The SMILES string of the molecule is COc1ccc2c(C(=O)Nc3ccc(-c4cc5ccccc5o4)cc3)cc(-c3ccccc3)nc2c1. The predicted molar refractivity (Wildman–Crippen MR) is 143 cm³/mol. The standard InChI is InChI=1S/C31H22N2O3/c1-35-24-15-16-25-26(19-27(33-28(25)18-24)20-7-3-2-4-8-20)31(34)32-23-13-11-21(12-14-23)30-17-22-9-5-6-10-29(22)36-30/h2-19H,1H3,(H,32,34).